The highest BCUT2D eigenvalue weighted by atomic mass is 127. The Morgan fingerprint density at radius 2 is 2.20 bits per heavy atom. The van der Waals surface area contributed by atoms with E-state index in [0.29, 0.717) is 5.04 Å². The summed E-state index contributed by atoms with van der Waals surface area (Å²) < 4.78 is 0. The molecular weight excluding hydrogens is 197 g/mol. The average molecular weight is 201 g/mol. The lowest BCUT2D eigenvalue weighted by Gasteiger charge is -1.74. The zero-order valence-electron chi connectivity index (χ0n) is 2.79. The lowest BCUT2D eigenvalue weighted by atomic mass is 10.9. The molecule has 0 aromatic heterocycles. The van der Waals surface area contributed by atoms with Crippen molar-refractivity contribution in [1.29, 1.82) is 5.41 Å². The maximum Gasteiger partial charge on any atom is 0.0713 e. The van der Waals surface area contributed by atoms with Gasteiger partial charge in [0.15, 0.2) is 0 Å². The summed E-state index contributed by atoms with van der Waals surface area (Å²) in [5.41, 5.74) is 0. The zero-order chi connectivity index (χ0) is 4.28. The monoisotopic (exact) mass is 201 g/mol. The lowest BCUT2D eigenvalue weighted by Crippen LogP contribution is -1.65. The van der Waals surface area contributed by atoms with E-state index in [1.165, 1.54) is 8.93 Å². The summed E-state index contributed by atoms with van der Waals surface area (Å²) in [4.78, 5) is 0. The molecular formula is C2H4INS. The van der Waals surface area contributed by atoms with Gasteiger partial charge in [-0.25, -0.2) is 0 Å². The molecule has 0 fully saturated rings. The third kappa shape index (κ3) is 4.75. The van der Waals surface area contributed by atoms with Crippen molar-refractivity contribution < 1.29 is 0 Å². The summed E-state index contributed by atoms with van der Waals surface area (Å²) in [6.07, 6.45) is 0. The van der Waals surface area contributed by atoms with Crippen molar-refractivity contribution >= 4 is 35.2 Å². The van der Waals surface area contributed by atoms with Gasteiger partial charge in [0.05, 0.1) is 5.04 Å². The Bertz CT molecular complexity index is 44.9. The molecule has 0 bridgehead atoms. The highest BCUT2D eigenvalue weighted by Crippen LogP contribution is 2.10. The van der Waals surface area contributed by atoms with Crippen LogP contribution in [-0.2, 0) is 0 Å². The van der Waals surface area contributed by atoms with Crippen LogP contribution in [-0.4, -0.2) is 5.04 Å². The molecule has 0 atom stereocenters. The molecule has 0 unspecified atom stereocenters. The Hall–Kier alpha value is 0.750. The van der Waals surface area contributed by atoms with E-state index in [1.54, 1.807) is 6.92 Å². The Kier molecular flexibility index (Phi) is 3.40. The van der Waals surface area contributed by atoms with Crippen LogP contribution in [0.1, 0.15) is 6.92 Å². The largest absolute Gasteiger partial charge is 0.298 e. The van der Waals surface area contributed by atoms with E-state index < -0.39 is 0 Å². The van der Waals surface area contributed by atoms with E-state index in [1.807, 2.05) is 0 Å². The predicted octanol–water partition coefficient (Wildman–Crippen LogP) is 2.07. The van der Waals surface area contributed by atoms with Gasteiger partial charge in [0.25, 0.3) is 0 Å². The predicted molar refractivity (Wildman–Crippen MR) is 35.0 cm³/mol. The zero-order valence-corrected chi connectivity index (χ0v) is 5.76. The molecule has 0 aromatic rings. The van der Waals surface area contributed by atoms with Crippen molar-refractivity contribution in [3.05, 3.63) is 0 Å². The first kappa shape index (κ1) is 5.75. The maximum absolute atomic E-state index is 6.70. The molecule has 30 valence electrons. The highest BCUT2D eigenvalue weighted by Gasteiger charge is 1.73. The molecule has 0 rings (SSSR count). The highest BCUT2D eigenvalue weighted by molar-refractivity contribution is 14.2. The molecule has 0 saturated heterocycles. The molecule has 1 N–H and O–H groups in total. The average Bonchev–Trinajstić information content (AvgIpc) is 1.38. The van der Waals surface area contributed by atoms with E-state index in [9.17, 15) is 0 Å². The van der Waals surface area contributed by atoms with Gasteiger partial charge < -0.3 is 0 Å². The molecule has 0 heterocycles. The molecule has 0 aliphatic rings. The molecule has 0 aliphatic heterocycles. The SMILES string of the molecule is CC(=N)SI. The van der Waals surface area contributed by atoms with Crippen LogP contribution in [0.3, 0.4) is 0 Å². The van der Waals surface area contributed by atoms with Gasteiger partial charge in [-0.05, 0) is 15.9 Å². The number of rotatable bonds is 0. The standard InChI is InChI=1S/C2H4INS/c1-2(4)5-3/h4H,1H3. The minimum Gasteiger partial charge on any atom is -0.298 e. The molecule has 3 heteroatoms. The van der Waals surface area contributed by atoms with Crippen LogP contribution in [0.4, 0.5) is 0 Å². The van der Waals surface area contributed by atoms with Crippen LogP contribution in [0.2, 0.25) is 0 Å². The molecule has 5 heavy (non-hydrogen) atoms. The van der Waals surface area contributed by atoms with Crippen LogP contribution in [0.5, 0.6) is 0 Å². The Morgan fingerprint density at radius 3 is 2.20 bits per heavy atom. The van der Waals surface area contributed by atoms with Crippen LogP contribution >= 0.6 is 30.1 Å². The first-order valence-electron chi connectivity index (χ1n) is 1.11. The molecule has 0 aliphatic carbocycles. The van der Waals surface area contributed by atoms with Gasteiger partial charge in [-0.2, -0.15) is 0 Å². The molecule has 0 spiro atoms. The normalized spacial score (nSPS) is 7.60. The van der Waals surface area contributed by atoms with Crippen molar-refractivity contribution in [2.45, 2.75) is 6.92 Å². The van der Waals surface area contributed by atoms with Gasteiger partial charge in [0.2, 0.25) is 0 Å². The van der Waals surface area contributed by atoms with Gasteiger partial charge in [0, 0.05) is 21.2 Å². The van der Waals surface area contributed by atoms with E-state index in [0.717, 1.165) is 0 Å². The van der Waals surface area contributed by atoms with E-state index in [2.05, 4.69) is 21.2 Å². The van der Waals surface area contributed by atoms with Crippen LogP contribution < -0.4 is 0 Å². The summed E-state index contributed by atoms with van der Waals surface area (Å²) in [7, 11) is 1.43. The van der Waals surface area contributed by atoms with Crippen LogP contribution in [0, 0.1) is 5.41 Å². The smallest absolute Gasteiger partial charge is 0.0713 e. The van der Waals surface area contributed by atoms with Crippen molar-refractivity contribution in [3.63, 3.8) is 0 Å². The second kappa shape index (κ2) is 2.96. The molecule has 0 radical (unpaired) electrons. The van der Waals surface area contributed by atoms with Gasteiger partial charge in [0.1, 0.15) is 0 Å². The molecule has 0 saturated carbocycles. The summed E-state index contributed by atoms with van der Waals surface area (Å²) >= 11 is 2.07. The van der Waals surface area contributed by atoms with E-state index >= 15 is 0 Å². The second-order valence-corrected chi connectivity index (χ2v) is 2.72. The minimum atomic E-state index is 0.658. The number of hydrogen-bond donors (Lipinski definition) is 1. The minimum absolute atomic E-state index is 0.658. The third-order valence-corrected chi connectivity index (χ3v) is 2.33. The maximum atomic E-state index is 6.70. The quantitative estimate of drug-likeness (QED) is 0.362. The van der Waals surface area contributed by atoms with Crippen molar-refractivity contribution in [3.8, 4) is 0 Å². The first-order chi connectivity index (χ1) is 2.27. The second-order valence-electron chi connectivity index (χ2n) is 0.633. The van der Waals surface area contributed by atoms with Gasteiger partial charge in [-0.3, -0.25) is 5.41 Å². The number of nitrogens with one attached hydrogen (secondary N) is 1. The van der Waals surface area contributed by atoms with Gasteiger partial charge in [-0.1, -0.05) is 0 Å². The van der Waals surface area contributed by atoms with E-state index in [4.69, 9.17) is 5.41 Å². The van der Waals surface area contributed by atoms with Crippen LogP contribution in [0.25, 0.3) is 0 Å². The van der Waals surface area contributed by atoms with Crippen molar-refractivity contribution in [1.82, 2.24) is 0 Å². The van der Waals surface area contributed by atoms with Crippen LogP contribution in [0.15, 0.2) is 0 Å². The topological polar surface area (TPSA) is 23.9 Å². The fourth-order valence-corrected chi connectivity index (χ4v) is 0. The summed E-state index contributed by atoms with van der Waals surface area (Å²) in [6.45, 7) is 1.76. The summed E-state index contributed by atoms with van der Waals surface area (Å²) in [5.74, 6) is 0. The van der Waals surface area contributed by atoms with Gasteiger partial charge in [-0.15, -0.1) is 0 Å². The Balaban J connectivity index is 2.85. The van der Waals surface area contributed by atoms with Gasteiger partial charge >= 0.3 is 0 Å². The van der Waals surface area contributed by atoms with Crippen molar-refractivity contribution in [2.75, 3.05) is 0 Å². The fraction of sp³-hybridized carbons (Fsp3) is 0.500. The molecule has 0 aromatic carbocycles. The van der Waals surface area contributed by atoms with Crippen molar-refractivity contribution in [2.24, 2.45) is 0 Å². The number of hydrogen-bond acceptors (Lipinski definition) is 2. The number of halogens is 1. The summed E-state index contributed by atoms with van der Waals surface area (Å²) in [5, 5.41) is 7.36. The fourth-order valence-electron chi connectivity index (χ4n) is 0. The first-order valence-corrected chi connectivity index (χ1v) is 4.47. The Labute approximate surface area is 47.6 Å². The third-order valence-electron chi connectivity index (χ3n) is 0.116. The molecule has 0 amide bonds. The summed E-state index contributed by atoms with van der Waals surface area (Å²) in [6, 6.07) is 0. The molecule has 1 nitrogen and oxygen atoms in total. The lowest BCUT2D eigenvalue weighted by molar-refractivity contribution is 1.54. The van der Waals surface area contributed by atoms with E-state index in [-0.39, 0.29) is 0 Å². The Morgan fingerprint density at radius 1 is 2.00 bits per heavy atom.